The maximum Gasteiger partial charge on any atom is 0.240 e. The van der Waals surface area contributed by atoms with Gasteiger partial charge in [-0.1, -0.05) is 36.4 Å². The number of carbonyl (C=O) groups is 2. The number of fused-ring (bicyclic) bond motifs is 4. The molecule has 7 nitrogen and oxygen atoms in total. The smallest absolute Gasteiger partial charge is 0.240 e. The van der Waals surface area contributed by atoms with E-state index in [-0.39, 0.29) is 12.3 Å². The Kier molecular flexibility index (Phi) is 4.89. The van der Waals surface area contributed by atoms with Crippen LogP contribution in [-0.4, -0.2) is 37.4 Å². The molecule has 3 heterocycles. The van der Waals surface area contributed by atoms with Gasteiger partial charge in [0, 0.05) is 36.2 Å². The van der Waals surface area contributed by atoms with E-state index in [1.165, 1.54) is 0 Å². The highest BCUT2D eigenvalue weighted by Gasteiger charge is 2.33. The molecular formula is C25H25N5O2. The molecule has 1 aliphatic heterocycles. The third kappa shape index (κ3) is 3.30. The Balaban J connectivity index is 1.42. The lowest BCUT2D eigenvalue weighted by atomic mass is 9.93. The van der Waals surface area contributed by atoms with Crippen molar-refractivity contribution in [1.82, 2.24) is 19.5 Å². The molecule has 2 amide bonds. The van der Waals surface area contributed by atoms with Gasteiger partial charge in [-0.05, 0) is 49.1 Å². The van der Waals surface area contributed by atoms with Crippen LogP contribution in [0.3, 0.4) is 0 Å². The first kappa shape index (κ1) is 20.2. The van der Waals surface area contributed by atoms with Crippen molar-refractivity contribution in [1.29, 1.82) is 0 Å². The second-order valence-corrected chi connectivity index (χ2v) is 8.43. The quantitative estimate of drug-likeness (QED) is 0.542. The first-order valence-corrected chi connectivity index (χ1v) is 10.8. The summed E-state index contributed by atoms with van der Waals surface area (Å²) in [6, 6.07) is 15.2. The molecule has 4 aromatic rings. The molecule has 0 radical (unpaired) electrons. The minimum atomic E-state index is -0.614. The fourth-order valence-corrected chi connectivity index (χ4v) is 4.75. The molecule has 0 fully saturated rings. The fraction of sp³-hybridized carbons (Fsp3) is 0.280. The molecule has 32 heavy (non-hydrogen) atoms. The number of nitrogens with two attached hydrogens (primary N) is 1. The molecule has 162 valence electrons. The van der Waals surface area contributed by atoms with Gasteiger partial charge in [0.05, 0.1) is 5.52 Å². The Morgan fingerprint density at radius 2 is 1.78 bits per heavy atom. The van der Waals surface area contributed by atoms with Gasteiger partial charge in [0.15, 0.2) is 5.65 Å². The number of hydrogen-bond acceptors (Lipinski definition) is 4. The zero-order valence-corrected chi connectivity index (χ0v) is 18.2. The van der Waals surface area contributed by atoms with Crippen molar-refractivity contribution in [2.24, 2.45) is 5.73 Å². The lowest BCUT2D eigenvalue weighted by Crippen LogP contribution is -2.51. The van der Waals surface area contributed by atoms with Crippen LogP contribution < -0.4 is 5.73 Å². The summed E-state index contributed by atoms with van der Waals surface area (Å²) in [6.07, 6.45) is 1.27. The van der Waals surface area contributed by atoms with Crippen LogP contribution in [0.5, 0.6) is 0 Å². The third-order valence-electron chi connectivity index (χ3n) is 6.50. The van der Waals surface area contributed by atoms with Crippen molar-refractivity contribution in [3.63, 3.8) is 0 Å². The molecule has 0 unspecified atom stereocenters. The summed E-state index contributed by atoms with van der Waals surface area (Å²) in [5, 5.41) is 5.70. The van der Waals surface area contributed by atoms with Crippen molar-refractivity contribution >= 4 is 28.4 Å². The number of primary amides is 1. The highest BCUT2D eigenvalue weighted by atomic mass is 16.2. The number of nitrogens with zero attached hydrogens (tertiary/aromatic N) is 4. The maximum absolute atomic E-state index is 13.2. The van der Waals surface area contributed by atoms with Gasteiger partial charge in [0.2, 0.25) is 11.8 Å². The average Bonchev–Trinajstić information content (AvgIpc) is 3.16. The van der Waals surface area contributed by atoms with Crippen molar-refractivity contribution < 1.29 is 9.59 Å². The number of hydrogen-bond donors (Lipinski definition) is 1. The molecule has 7 heteroatoms. The van der Waals surface area contributed by atoms with Crippen LogP contribution in [0, 0.1) is 13.8 Å². The Labute approximate surface area is 185 Å². The van der Waals surface area contributed by atoms with Gasteiger partial charge in [-0.25, -0.2) is 9.50 Å². The van der Waals surface area contributed by atoms with E-state index in [4.69, 9.17) is 15.8 Å². The number of amides is 2. The van der Waals surface area contributed by atoms with Crippen molar-refractivity contribution in [2.75, 3.05) is 0 Å². The molecule has 1 aliphatic rings. The highest BCUT2D eigenvalue weighted by Crippen LogP contribution is 2.26. The highest BCUT2D eigenvalue weighted by molar-refractivity contribution is 5.92. The van der Waals surface area contributed by atoms with E-state index in [1.807, 2.05) is 66.9 Å². The van der Waals surface area contributed by atoms with E-state index in [2.05, 4.69) is 0 Å². The van der Waals surface area contributed by atoms with Crippen LogP contribution in [-0.2, 0) is 29.0 Å². The fourth-order valence-electron chi connectivity index (χ4n) is 4.75. The Bertz CT molecular complexity index is 1370. The molecule has 5 rings (SSSR count). The standard InChI is InChI=1S/C25H25N5O2/c1-15-19(16(2)30-25(27-15)20-9-5-6-10-21(20)28-30)11-12-23(31)29-14-18-8-4-3-7-17(18)13-22(29)24(26)32/h3-10,22H,11-14H2,1-2H3,(H2,26,32)/t22-/m0/s1. The maximum atomic E-state index is 13.2. The Hall–Kier alpha value is -3.74. The van der Waals surface area contributed by atoms with E-state index in [1.54, 1.807) is 4.90 Å². The van der Waals surface area contributed by atoms with E-state index >= 15 is 0 Å². The van der Waals surface area contributed by atoms with Gasteiger partial charge >= 0.3 is 0 Å². The number of rotatable bonds is 4. The van der Waals surface area contributed by atoms with Crippen LogP contribution in [0.2, 0.25) is 0 Å². The molecular weight excluding hydrogens is 402 g/mol. The summed E-state index contributed by atoms with van der Waals surface area (Å²) >= 11 is 0. The minimum absolute atomic E-state index is 0.0761. The lowest BCUT2D eigenvalue weighted by Gasteiger charge is -2.35. The summed E-state index contributed by atoms with van der Waals surface area (Å²) in [5.74, 6) is -0.542. The largest absolute Gasteiger partial charge is 0.368 e. The summed E-state index contributed by atoms with van der Waals surface area (Å²) in [6.45, 7) is 4.39. The third-order valence-corrected chi connectivity index (χ3v) is 6.50. The number of benzene rings is 2. The predicted octanol–water partition coefficient (Wildman–Crippen LogP) is 2.87. The predicted molar refractivity (Wildman–Crippen MR) is 122 cm³/mol. The SMILES string of the molecule is Cc1nc2c3ccccc3nn2c(C)c1CCC(=O)N1Cc2ccccc2C[C@H]1C(N)=O. The van der Waals surface area contributed by atoms with Gasteiger partial charge in [0.1, 0.15) is 6.04 Å². The molecule has 0 bridgehead atoms. The zero-order valence-electron chi connectivity index (χ0n) is 18.2. The van der Waals surface area contributed by atoms with Crippen LogP contribution in [0.25, 0.3) is 16.6 Å². The van der Waals surface area contributed by atoms with Crippen LogP contribution >= 0.6 is 0 Å². The molecule has 1 atom stereocenters. The summed E-state index contributed by atoms with van der Waals surface area (Å²) in [4.78, 5) is 31.7. The second kappa shape index (κ2) is 7.75. The van der Waals surface area contributed by atoms with Crippen LogP contribution in [0.15, 0.2) is 48.5 Å². The van der Waals surface area contributed by atoms with Crippen LogP contribution in [0.4, 0.5) is 0 Å². The zero-order chi connectivity index (χ0) is 22.4. The van der Waals surface area contributed by atoms with E-state index < -0.39 is 11.9 Å². The molecule has 0 saturated heterocycles. The van der Waals surface area contributed by atoms with Crippen LogP contribution in [0.1, 0.15) is 34.5 Å². The molecule has 2 N–H and O–H groups in total. The Morgan fingerprint density at radius 3 is 2.56 bits per heavy atom. The summed E-state index contributed by atoms with van der Waals surface area (Å²) < 4.78 is 1.86. The number of aryl methyl sites for hydroxylation is 2. The topological polar surface area (TPSA) is 93.6 Å². The first-order valence-electron chi connectivity index (χ1n) is 10.8. The first-order chi connectivity index (χ1) is 15.4. The summed E-state index contributed by atoms with van der Waals surface area (Å²) in [5.41, 5.74) is 12.4. The van der Waals surface area contributed by atoms with E-state index in [0.717, 1.165) is 44.6 Å². The van der Waals surface area contributed by atoms with E-state index in [9.17, 15) is 9.59 Å². The molecule has 2 aromatic carbocycles. The normalized spacial score (nSPS) is 15.8. The second-order valence-electron chi connectivity index (χ2n) is 8.43. The van der Waals surface area contributed by atoms with Gasteiger partial charge in [-0.2, -0.15) is 5.10 Å². The minimum Gasteiger partial charge on any atom is -0.368 e. The van der Waals surface area contributed by atoms with Crippen molar-refractivity contribution in [3.05, 3.63) is 76.6 Å². The molecule has 0 spiro atoms. The Morgan fingerprint density at radius 1 is 1.06 bits per heavy atom. The number of aromatic nitrogens is 3. The average molecular weight is 428 g/mol. The van der Waals surface area contributed by atoms with Gasteiger partial charge in [-0.15, -0.1) is 0 Å². The van der Waals surface area contributed by atoms with E-state index in [0.29, 0.717) is 19.4 Å². The molecule has 0 saturated carbocycles. The summed E-state index contributed by atoms with van der Waals surface area (Å²) in [7, 11) is 0. The number of carbonyl (C=O) groups excluding carboxylic acids is 2. The van der Waals surface area contributed by atoms with Crippen molar-refractivity contribution in [2.45, 2.75) is 45.7 Å². The van der Waals surface area contributed by atoms with Gasteiger partial charge in [-0.3, -0.25) is 9.59 Å². The van der Waals surface area contributed by atoms with Gasteiger partial charge < -0.3 is 10.6 Å². The monoisotopic (exact) mass is 427 g/mol. The molecule has 0 aliphatic carbocycles. The molecule has 2 aromatic heterocycles. The van der Waals surface area contributed by atoms with Gasteiger partial charge in [0.25, 0.3) is 0 Å². The lowest BCUT2D eigenvalue weighted by molar-refractivity contribution is -0.140. The van der Waals surface area contributed by atoms with Crippen molar-refractivity contribution in [3.8, 4) is 0 Å².